The van der Waals surface area contributed by atoms with Crippen molar-refractivity contribution in [2.24, 2.45) is 7.05 Å². The number of aromatic nitrogens is 5. The van der Waals surface area contributed by atoms with Gasteiger partial charge in [0.2, 0.25) is 0 Å². The molecule has 1 amide bonds. The summed E-state index contributed by atoms with van der Waals surface area (Å²) in [7, 11) is 1.82. The van der Waals surface area contributed by atoms with Gasteiger partial charge in [-0.1, -0.05) is 0 Å². The lowest BCUT2D eigenvalue weighted by atomic mass is 10.1. The second-order valence-corrected chi connectivity index (χ2v) is 9.15. The molecule has 0 unspecified atom stereocenters. The number of ether oxygens (including phenoxy) is 1. The van der Waals surface area contributed by atoms with Crippen molar-refractivity contribution in [3.05, 3.63) is 113 Å². The predicted octanol–water partition coefficient (Wildman–Crippen LogP) is 5.02. The lowest BCUT2D eigenvalue weighted by Gasteiger charge is -2.14. The van der Waals surface area contributed by atoms with E-state index in [0.717, 1.165) is 27.1 Å². The number of aromatic amines is 1. The molecule has 3 aromatic carbocycles. The summed E-state index contributed by atoms with van der Waals surface area (Å²) in [5.41, 5.74) is 7.65. The van der Waals surface area contributed by atoms with Gasteiger partial charge in [0.1, 0.15) is 22.9 Å². The van der Waals surface area contributed by atoms with Crippen molar-refractivity contribution in [1.29, 1.82) is 0 Å². The second-order valence-electron chi connectivity index (χ2n) is 9.15. The molecule has 3 heterocycles. The Balaban J connectivity index is 1.27. The van der Waals surface area contributed by atoms with Gasteiger partial charge in [0.25, 0.3) is 11.5 Å². The number of nitrogens with zero attached hydrogens (tertiary/aromatic N) is 4. The molecule has 10 nitrogen and oxygen atoms in total. The van der Waals surface area contributed by atoms with Crippen molar-refractivity contribution >= 4 is 28.3 Å². The van der Waals surface area contributed by atoms with Gasteiger partial charge in [0.15, 0.2) is 11.6 Å². The van der Waals surface area contributed by atoms with Gasteiger partial charge < -0.3 is 15.8 Å². The molecular formula is C29H21F2N7O3. The van der Waals surface area contributed by atoms with E-state index in [2.05, 4.69) is 20.6 Å². The number of aryl methyl sites for hydroxylation is 1. The van der Waals surface area contributed by atoms with Crippen LogP contribution in [0.1, 0.15) is 10.4 Å². The first-order valence-electron chi connectivity index (χ1n) is 12.3. The van der Waals surface area contributed by atoms with E-state index in [9.17, 15) is 14.0 Å². The molecule has 3 aromatic heterocycles. The van der Waals surface area contributed by atoms with Crippen molar-refractivity contribution in [2.45, 2.75) is 0 Å². The van der Waals surface area contributed by atoms with Gasteiger partial charge in [-0.15, -0.1) is 0 Å². The van der Waals surface area contributed by atoms with E-state index in [-0.39, 0.29) is 28.5 Å². The van der Waals surface area contributed by atoms with Crippen LogP contribution in [0.15, 0.2) is 90.1 Å². The number of nitrogens with one attached hydrogen (secondary N) is 2. The number of pyridine rings is 1. The molecule has 12 heteroatoms. The van der Waals surface area contributed by atoms with E-state index in [1.165, 1.54) is 48.5 Å². The molecule has 0 aliphatic heterocycles. The van der Waals surface area contributed by atoms with E-state index in [1.54, 1.807) is 29.3 Å². The fourth-order valence-electron chi connectivity index (χ4n) is 4.45. The number of nitrogen functional groups attached to an aromatic ring is 1. The van der Waals surface area contributed by atoms with Crippen molar-refractivity contribution in [2.75, 3.05) is 11.1 Å². The number of H-pyrrole nitrogens is 1. The minimum absolute atomic E-state index is 0.0602. The maximum atomic E-state index is 15.2. The first kappa shape index (κ1) is 25.5. The summed E-state index contributed by atoms with van der Waals surface area (Å²) >= 11 is 0. The minimum Gasteiger partial charge on any atom is -0.454 e. The van der Waals surface area contributed by atoms with Crippen molar-refractivity contribution in [1.82, 2.24) is 24.5 Å². The third kappa shape index (κ3) is 4.78. The number of rotatable bonds is 6. The Hall–Kier alpha value is -5.78. The number of nitrogens with two attached hydrogens (primary N) is 1. The summed E-state index contributed by atoms with van der Waals surface area (Å²) in [5, 5.41) is 14.3. The molecule has 6 rings (SSSR count). The topological polar surface area (TPSA) is 133 Å². The van der Waals surface area contributed by atoms with Crippen LogP contribution in [-0.2, 0) is 7.05 Å². The van der Waals surface area contributed by atoms with Crippen LogP contribution in [0.4, 0.5) is 20.3 Å². The van der Waals surface area contributed by atoms with Crippen LogP contribution in [-0.4, -0.2) is 30.5 Å². The smallest absolute Gasteiger partial charge is 0.269 e. The van der Waals surface area contributed by atoms with Gasteiger partial charge in [-0.05, 0) is 60.7 Å². The quantitative estimate of drug-likeness (QED) is 0.265. The first-order chi connectivity index (χ1) is 19.8. The molecule has 204 valence electrons. The molecule has 0 radical (unpaired) electrons. The minimum atomic E-state index is -0.775. The van der Waals surface area contributed by atoms with Crippen LogP contribution in [0, 0.1) is 11.6 Å². The van der Waals surface area contributed by atoms with Crippen LogP contribution in [0.25, 0.3) is 27.7 Å². The van der Waals surface area contributed by atoms with Crippen LogP contribution >= 0.6 is 0 Å². The zero-order valence-electron chi connectivity index (χ0n) is 21.4. The summed E-state index contributed by atoms with van der Waals surface area (Å²) in [6.07, 6.45) is 5.00. The summed E-state index contributed by atoms with van der Waals surface area (Å²) < 4.78 is 37.3. The number of carbonyl (C=O) groups is 1. The Morgan fingerprint density at radius 2 is 1.80 bits per heavy atom. The predicted molar refractivity (Wildman–Crippen MR) is 149 cm³/mol. The molecule has 0 bridgehead atoms. The van der Waals surface area contributed by atoms with Gasteiger partial charge in [-0.3, -0.25) is 23.9 Å². The third-order valence-corrected chi connectivity index (χ3v) is 6.51. The van der Waals surface area contributed by atoms with E-state index in [1.807, 2.05) is 13.1 Å². The van der Waals surface area contributed by atoms with Crippen molar-refractivity contribution < 1.29 is 18.3 Å². The largest absolute Gasteiger partial charge is 0.454 e. The normalized spacial score (nSPS) is 11.1. The summed E-state index contributed by atoms with van der Waals surface area (Å²) in [6, 6.07) is 15.3. The highest BCUT2D eigenvalue weighted by Gasteiger charge is 2.18. The van der Waals surface area contributed by atoms with E-state index in [0.29, 0.717) is 11.3 Å². The summed E-state index contributed by atoms with van der Waals surface area (Å²) in [6.45, 7) is 0. The molecule has 0 atom stereocenters. The highest BCUT2D eigenvalue weighted by atomic mass is 19.1. The highest BCUT2D eigenvalue weighted by Crippen LogP contribution is 2.37. The number of halogens is 2. The molecule has 0 fully saturated rings. The Labute approximate surface area is 230 Å². The van der Waals surface area contributed by atoms with Gasteiger partial charge in [0, 0.05) is 41.5 Å². The average molecular weight is 554 g/mol. The van der Waals surface area contributed by atoms with Gasteiger partial charge in [-0.2, -0.15) is 10.2 Å². The number of amides is 1. The first-order valence-corrected chi connectivity index (χ1v) is 12.3. The van der Waals surface area contributed by atoms with Crippen LogP contribution in [0.5, 0.6) is 11.5 Å². The number of hydrogen-bond donors (Lipinski definition) is 3. The fraction of sp³-hybridized carbons (Fsp3) is 0.0345. The lowest BCUT2D eigenvalue weighted by Crippen LogP contribution is -2.29. The van der Waals surface area contributed by atoms with Crippen LogP contribution < -0.4 is 21.3 Å². The van der Waals surface area contributed by atoms with Crippen molar-refractivity contribution in [3.8, 4) is 28.3 Å². The number of fused-ring (bicyclic) bond motifs is 1. The molecular weight excluding hydrogens is 532 g/mol. The molecule has 0 aliphatic carbocycles. The molecule has 41 heavy (non-hydrogen) atoms. The van der Waals surface area contributed by atoms with Crippen LogP contribution in [0.3, 0.4) is 0 Å². The molecule has 6 aromatic rings. The zero-order chi connectivity index (χ0) is 28.7. The SMILES string of the molecule is Cn1ncc2cc(Oc3ccc(NC(=O)c4ccc(N)n(-c5ccc(F)cc5)c4=O)cc3F)c(-c3cn[nH]c3)cc21. The fourth-order valence-corrected chi connectivity index (χ4v) is 4.45. The van der Waals surface area contributed by atoms with Gasteiger partial charge >= 0.3 is 0 Å². The summed E-state index contributed by atoms with van der Waals surface area (Å²) in [4.78, 5) is 26.1. The maximum absolute atomic E-state index is 15.2. The number of carbonyl (C=O) groups excluding carboxylic acids is 1. The molecule has 0 spiro atoms. The molecule has 4 N–H and O–H groups in total. The Bertz CT molecular complexity index is 1980. The average Bonchev–Trinajstić information content (AvgIpc) is 3.61. The standard InChI is InChI=1S/C29H21F2N7O3/c1-37-24-12-22(17-13-33-34-14-17)26(10-16(24)15-35-37)41-25-8-4-19(11-23(25)31)36-28(39)21-7-9-27(32)38(29(21)40)20-5-2-18(30)3-6-20/h2-15H,32H2,1H3,(H,33,34)(H,36,39). The van der Waals surface area contributed by atoms with Gasteiger partial charge in [-0.25, -0.2) is 8.78 Å². The molecule has 0 aliphatic rings. The maximum Gasteiger partial charge on any atom is 0.269 e. The van der Waals surface area contributed by atoms with Gasteiger partial charge in [0.05, 0.1) is 23.6 Å². The van der Waals surface area contributed by atoms with Crippen LogP contribution in [0.2, 0.25) is 0 Å². The van der Waals surface area contributed by atoms with E-state index >= 15 is 4.39 Å². The molecule has 0 saturated heterocycles. The summed E-state index contributed by atoms with van der Waals surface area (Å²) in [5.74, 6) is -1.64. The van der Waals surface area contributed by atoms with E-state index < -0.39 is 23.1 Å². The van der Waals surface area contributed by atoms with E-state index in [4.69, 9.17) is 10.5 Å². The third-order valence-electron chi connectivity index (χ3n) is 6.51. The monoisotopic (exact) mass is 553 g/mol. The number of benzene rings is 3. The lowest BCUT2D eigenvalue weighted by molar-refractivity contribution is 0.102. The highest BCUT2D eigenvalue weighted by molar-refractivity contribution is 6.04. The Morgan fingerprint density at radius 1 is 1.00 bits per heavy atom. The second kappa shape index (κ2) is 10.1. The Morgan fingerprint density at radius 3 is 2.54 bits per heavy atom. The Kier molecular flexibility index (Phi) is 6.27. The number of hydrogen-bond acceptors (Lipinski definition) is 6. The molecule has 0 saturated carbocycles. The number of anilines is 2. The van der Waals surface area contributed by atoms with Crippen molar-refractivity contribution in [3.63, 3.8) is 0 Å². The zero-order valence-corrected chi connectivity index (χ0v) is 21.4.